The molecule has 0 atom stereocenters. The third-order valence-corrected chi connectivity index (χ3v) is 2.93. The van der Waals surface area contributed by atoms with Crippen LogP contribution in [0.4, 0.5) is 21.5 Å². The Hall–Kier alpha value is -2.08. The molecule has 2 N–H and O–H groups in total. The second-order valence-corrected chi connectivity index (χ2v) is 5.83. The molecule has 0 spiro atoms. The Morgan fingerprint density at radius 1 is 0.842 bits per heavy atom. The van der Waals surface area contributed by atoms with Crippen molar-refractivity contribution in [2.45, 2.75) is 0 Å². The van der Waals surface area contributed by atoms with Crippen LogP contribution in [0.25, 0.3) is 0 Å². The van der Waals surface area contributed by atoms with Crippen molar-refractivity contribution in [3.8, 4) is 0 Å². The monoisotopic (exact) mass is 280 g/mol. The van der Waals surface area contributed by atoms with Crippen LogP contribution < -0.4 is 10.0 Å². The number of nitrogens with one attached hydrogen (secondary N) is 2. The van der Waals surface area contributed by atoms with Crippen molar-refractivity contribution in [2.75, 3.05) is 16.3 Å². The summed E-state index contributed by atoms with van der Waals surface area (Å²) in [5.74, 6) is -0.293. The number of rotatable bonds is 4. The first-order valence-electron chi connectivity index (χ1n) is 5.53. The van der Waals surface area contributed by atoms with E-state index in [9.17, 15) is 12.8 Å². The molecular formula is C13H13FN2O2S. The summed E-state index contributed by atoms with van der Waals surface area (Å²) in [5.41, 5.74) is 2.03. The molecule has 2 rings (SSSR count). The molecule has 0 saturated heterocycles. The predicted octanol–water partition coefficient (Wildman–Crippen LogP) is 2.94. The number of anilines is 3. The minimum atomic E-state index is -3.27. The van der Waals surface area contributed by atoms with Gasteiger partial charge < -0.3 is 5.32 Å². The van der Waals surface area contributed by atoms with Gasteiger partial charge in [0.2, 0.25) is 10.0 Å². The molecule has 0 fully saturated rings. The number of benzene rings is 2. The van der Waals surface area contributed by atoms with Crippen LogP contribution in [-0.2, 0) is 10.0 Å². The van der Waals surface area contributed by atoms with Crippen molar-refractivity contribution in [1.29, 1.82) is 0 Å². The maximum atomic E-state index is 12.7. The number of halogens is 1. The molecule has 0 amide bonds. The third-order valence-electron chi connectivity index (χ3n) is 2.32. The zero-order valence-corrected chi connectivity index (χ0v) is 11.0. The van der Waals surface area contributed by atoms with Gasteiger partial charge in [-0.15, -0.1) is 0 Å². The second-order valence-electron chi connectivity index (χ2n) is 4.08. The molecule has 0 aliphatic rings. The van der Waals surface area contributed by atoms with Gasteiger partial charge in [-0.3, -0.25) is 4.72 Å². The number of hydrogen-bond acceptors (Lipinski definition) is 3. The first kappa shape index (κ1) is 13.4. The van der Waals surface area contributed by atoms with Crippen molar-refractivity contribution in [1.82, 2.24) is 0 Å². The SMILES string of the molecule is CS(=O)(=O)Nc1ccc(Nc2ccc(F)cc2)cc1. The topological polar surface area (TPSA) is 58.2 Å². The van der Waals surface area contributed by atoms with E-state index in [1.807, 2.05) is 0 Å². The lowest BCUT2D eigenvalue weighted by Gasteiger charge is -2.08. The Labute approximate surface area is 111 Å². The molecule has 0 radical (unpaired) electrons. The van der Waals surface area contributed by atoms with E-state index >= 15 is 0 Å². The molecule has 0 aromatic heterocycles. The molecule has 0 heterocycles. The van der Waals surface area contributed by atoms with Gasteiger partial charge in [-0.1, -0.05) is 0 Å². The maximum absolute atomic E-state index is 12.7. The fourth-order valence-corrected chi connectivity index (χ4v) is 2.10. The van der Waals surface area contributed by atoms with E-state index in [2.05, 4.69) is 10.0 Å². The molecule has 0 aliphatic carbocycles. The molecule has 19 heavy (non-hydrogen) atoms. The Balaban J connectivity index is 2.08. The van der Waals surface area contributed by atoms with Crippen molar-refractivity contribution < 1.29 is 12.8 Å². The van der Waals surface area contributed by atoms with Crippen LogP contribution in [0.3, 0.4) is 0 Å². The minimum Gasteiger partial charge on any atom is -0.356 e. The Morgan fingerprint density at radius 2 is 1.26 bits per heavy atom. The Bertz CT molecular complexity index is 652. The number of sulfonamides is 1. The van der Waals surface area contributed by atoms with Crippen LogP contribution >= 0.6 is 0 Å². The van der Waals surface area contributed by atoms with E-state index in [1.165, 1.54) is 12.1 Å². The molecule has 2 aromatic carbocycles. The van der Waals surface area contributed by atoms with E-state index in [0.717, 1.165) is 17.6 Å². The first-order chi connectivity index (χ1) is 8.92. The van der Waals surface area contributed by atoms with Gasteiger partial charge in [-0.2, -0.15) is 0 Å². The zero-order chi connectivity index (χ0) is 13.9. The van der Waals surface area contributed by atoms with Gasteiger partial charge in [0.05, 0.1) is 6.26 Å². The normalized spacial score (nSPS) is 11.1. The lowest BCUT2D eigenvalue weighted by atomic mass is 10.2. The highest BCUT2D eigenvalue weighted by atomic mass is 32.2. The minimum absolute atomic E-state index is 0.293. The molecule has 4 nitrogen and oxygen atoms in total. The third kappa shape index (κ3) is 4.26. The van der Waals surface area contributed by atoms with Gasteiger partial charge in [0.15, 0.2) is 0 Å². The standard InChI is InChI=1S/C13H13FN2O2S/c1-19(17,18)16-13-8-6-12(7-9-13)15-11-4-2-10(14)3-5-11/h2-9,15-16H,1H3. The van der Waals surface area contributed by atoms with Crippen LogP contribution in [-0.4, -0.2) is 14.7 Å². The number of hydrogen-bond donors (Lipinski definition) is 2. The Morgan fingerprint density at radius 3 is 1.74 bits per heavy atom. The summed E-state index contributed by atoms with van der Waals surface area (Å²) in [4.78, 5) is 0. The fourth-order valence-electron chi connectivity index (χ4n) is 1.54. The van der Waals surface area contributed by atoms with Gasteiger partial charge in [-0.05, 0) is 48.5 Å². The Kier molecular flexibility index (Phi) is 3.71. The van der Waals surface area contributed by atoms with E-state index in [1.54, 1.807) is 36.4 Å². The van der Waals surface area contributed by atoms with Crippen LogP contribution in [0.1, 0.15) is 0 Å². The van der Waals surface area contributed by atoms with Crippen LogP contribution in [0.2, 0.25) is 0 Å². The lowest BCUT2D eigenvalue weighted by Crippen LogP contribution is -2.09. The molecule has 6 heteroatoms. The molecular weight excluding hydrogens is 267 g/mol. The van der Waals surface area contributed by atoms with Gasteiger partial charge in [-0.25, -0.2) is 12.8 Å². The quantitative estimate of drug-likeness (QED) is 0.905. The molecule has 0 bridgehead atoms. The summed E-state index contributed by atoms with van der Waals surface area (Å²) in [7, 11) is -3.27. The zero-order valence-electron chi connectivity index (χ0n) is 10.2. The van der Waals surface area contributed by atoms with E-state index in [-0.39, 0.29) is 5.82 Å². The molecule has 100 valence electrons. The maximum Gasteiger partial charge on any atom is 0.229 e. The molecule has 2 aromatic rings. The van der Waals surface area contributed by atoms with Gasteiger partial charge in [0, 0.05) is 17.1 Å². The summed E-state index contributed by atoms with van der Waals surface area (Å²) in [6.45, 7) is 0. The van der Waals surface area contributed by atoms with Crippen molar-refractivity contribution in [2.24, 2.45) is 0 Å². The largest absolute Gasteiger partial charge is 0.356 e. The molecule has 0 saturated carbocycles. The van der Waals surface area contributed by atoms with E-state index in [4.69, 9.17) is 0 Å². The van der Waals surface area contributed by atoms with Crippen LogP contribution in [0.5, 0.6) is 0 Å². The van der Waals surface area contributed by atoms with Gasteiger partial charge in [0.25, 0.3) is 0 Å². The van der Waals surface area contributed by atoms with Gasteiger partial charge in [0.1, 0.15) is 5.82 Å². The highest BCUT2D eigenvalue weighted by Gasteiger charge is 2.01. The summed E-state index contributed by atoms with van der Waals surface area (Å²) in [6, 6.07) is 12.7. The molecule has 0 unspecified atom stereocenters. The predicted molar refractivity (Wildman–Crippen MR) is 74.6 cm³/mol. The van der Waals surface area contributed by atoms with Crippen molar-refractivity contribution in [3.63, 3.8) is 0 Å². The smallest absolute Gasteiger partial charge is 0.229 e. The fraction of sp³-hybridized carbons (Fsp3) is 0.0769. The van der Waals surface area contributed by atoms with E-state index in [0.29, 0.717) is 5.69 Å². The molecule has 0 aliphatic heterocycles. The van der Waals surface area contributed by atoms with Crippen molar-refractivity contribution in [3.05, 3.63) is 54.3 Å². The second kappa shape index (κ2) is 5.27. The van der Waals surface area contributed by atoms with Crippen LogP contribution in [0.15, 0.2) is 48.5 Å². The summed E-state index contributed by atoms with van der Waals surface area (Å²) in [6.07, 6.45) is 1.09. The highest BCUT2D eigenvalue weighted by Crippen LogP contribution is 2.19. The summed E-state index contributed by atoms with van der Waals surface area (Å²) < 4.78 is 37.2. The first-order valence-corrected chi connectivity index (χ1v) is 7.42. The average Bonchev–Trinajstić information content (AvgIpc) is 2.33. The lowest BCUT2D eigenvalue weighted by molar-refractivity contribution is 0.607. The summed E-state index contributed by atoms with van der Waals surface area (Å²) >= 11 is 0. The van der Waals surface area contributed by atoms with Crippen molar-refractivity contribution >= 4 is 27.1 Å². The van der Waals surface area contributed by atoms with Gasteiger partial charge >= 0.3 is 0 Å². The average molecular weight is 280 g/mol. The van der Waals surface area contributed by atoms with Crippen LogP contribution in [0, 0.1) is 5.82 Å². The summed E-state index contributed by atoms with van der Waals surface area (Å²) in [5, 5.41) is 3.08. The van der Waals surface area contributed by atoms with E-state index < -0.39 is 10.0 Å². The highest BCUT2D eigenvalue weighted by molar-refractivity contribution is 7.92.